The van der Waals surface area contributed by atoms with Crippen LogP contribution in [0.1, 0.15) is 39.7 Å². The first-order valence-corrected chi connectivity index (χ1v) is 7.21. The molecule has 0 aliphatic heterocycles. The molecule has 22 heavy (non-hydrogen) atoms. The van der Waals surface area contributed by atoms with Crippen molar-refractivity contribution in [1.82, 2.24) is 4.98 Å². The van der Waals surface area contributed by atoms with Gasteiger partial charge in [0, 0.05) is 12.5 Å². The van der Waals surface area contributed by atoms with Crippen LogP contribution in [0.2, 0.25) is 0 Å². The van der Waals surface area contributed by atoms with E-state index in [-0.39, 0.29) is 6.42 Å². The molecule has 5 heteroatoms. The van der Waals surface area contributed by atoms with E-state index in [0.717, 1.165) is 11.8 Å². The first kappa shape index (κ1) is 22.1. The number of nitrogen functional groups attached to an aromatic ring is 1. The number of halogens is 1. The average Bonchev–Trinajstić information content (AvgIpc) is 2.55. The summed E-state index contributed by atoms with van der Waals surface area (Å²) in [7, 11) is 0. The molecular formula is C17H28FN3O. The van der Waals surface area contributed by atoms with Crippen LogP contribution in [0.25, 0.3) is 0 Å². The Morgan fingerprint density at radius 1 is 1.41 bits per heavy atom. The van der Waals surface area contributed by atoms with Crippen molar-refractivity contribution in [1.29, 1.82) is 0 Å². The van der Waals surface area contributed by atoms with Crippen molar-refractivity contribution in [3.63, 3.8) is 0 Å². The second-order valence-corrected chi connectivity index (χ2v) is 3.82. The van der Waals surface area contributed by atoms with E-state index in [9.17, 15) is 4.39 Å². The Hall–Kier alpha value is -2.14. The van der Waals surface area contributed by atoms with E-state index < -0.39 is 5.83 Å². The number of nitrogens with zero attached hydrogens (tertiary/aromatic N) is 1. The molecule has 1 aromatic heterocycles. The van der Waals surface area contributed by atoms with Crippen molar-refractivity contribution in [2.45, 2.75) is 41.0 Å². The Kier molecular flexibility index (Phi) is 15.4. The summed E-state index contributed by atoms with van der Waals surface area (Å²) in [6.07, 6.45) is 8.12. The van der Waals surface area contributed by atoms with Crippen LogP contribution in [0.5, 0.6) is 5.88 Å². The van der Waals surface area contributed by atoms with E-state index in [4.69, 9.17) is 10.6 Å². The first-order chi connectivity index (χ1) is 10.6. The zero-order chi connectivity index (χ0) is 17.4. The molecule has 0 radical (unpaired) electrons. The van der Waals surface area contributed by atoms with Gasteiger partial charge < -0.3 is 10.2 Å². The molecule has 1 heterocycles. The van der Waals surface area contributed by atoms with Gasteiger partial charge in [-0.15, -0.1) is 6.58 Å². The number of aryl methyl sites for hydroxylation is 1. The third-order valence-corrected chi connectivity index (χ3v) is 2.22. The van der Waals surface area contributed by atoms with E-state index >= 15 is 0 Å². The van der Waals surface area contributed by atoms with Gasteiger partial charge in [0.05, 0.1) is 11.9 Å². The fraction of sp³-hybridized carbons (Fsp3) is 0.353. The highest BCUT2D eigenvalue weighted by atomic mass is 19.1. The Balaban J connectivity index is 0. The summed E-state index contributed by atoms with van der Waals surface area (Å²) in [6.45, 7) is 13.3. The lowest BCUT2D eigenvalue weighted by Crippen LogP contribution is -2.08. The number of aromatic nitrogens is 1. The van der Waals surface area contributed by atoms with Gasteiger partial charge in [-0.05, 0) is 26.3 Å². The predicted molar refractivity (Wildman–Crippen MR) is 93.3 cm³/mol. The van der Waals surface area contributed by atoms with Crippen molar-refractivity contribution in [3.8, 4) is 5.88 Å². The number of ether oxygens (including phenoxy) is 1. The van der Waals surface area contributed by atoms with Crippen molar-refractivity contribution < 1.29 is 9.13 Å². The van der Waals surface area contributed by atoms with Gasteiger partial charge >= 0.3 is 0 Å². The van der Waals surface area contributed by atoms with Gasteiger partial charge in [-0.3, -0.25) is 5.84 Å². The van der Waals surface area contributed by atoms with Crippen LogP contribution < -0.4 is 16.0 Å². The first-order valence-electron chi connectivity index (χ1n) is 7.21. The van der Waals surface area contributed by atoms with Gasteiger partial charge in [-0.1, -0.05) is 32.1 Å². The minimum Gasteiger partial charge on any atom is -0.444 e. The number of anilines is 1. The number of hydrazine groups is 1. The van der Waals surface area contributed by atoms with Crippen molar-refractivity contribution in [2.24, 2.45) is 5.84 Å². The largest absolute Gasteiger partial charge is 0.444 e. The quantitative estimate of drug-likeness (QED) is 0.346. The highest BCUT2D eigenvalue weighted by Gasteiger charge is 2.00. The van der Waals surface area contributed by atoms with E-state index in [2.05, 4.69) is 17.0 Å². The number of nitrogens with one attached hydrogen (secondary N) is 1. The van der Waals surface area contributed by atoms with Crippen molar-refractivity contribution in [2.75, 3.05) is 5.43 Å². The second-order valence-electron chi connectivity index (χ2n) is 3.82. The zero-order valence-electron chi connectivity index (χ0n) is 14.2. The molecule has 4 nitrogen and oxygen atoms in total. The summed E-state index contributed by atoms with van der Waals surface area (Å²) in [5.74, 6) is 5.16. The predicted octanol–water partition coefficient (Wildman–Crippen LogP) is 5.05. The van der Waals surface area contributed by atoms with Gasteiger partial charge in [0.25, 0.3) is 0 Å². The van der Waals surface area contributed by atoms with Gasteiger partial charge in [0.2, 0.25) is 5.88 Å². The topological polar surface area (TPSA) is 60.2 Å². The molecule has 1 aromatic rings. The molecule has 0 atom stereocenters. The zero-order valence-corrected chi connectivity index (χ0v) is 14.2. The van der Waals surface area contributed by atoms with Crippen LogP contribution in [-0.4, -0.2) is 4.98 Å². The second kappa shape index (κ2) is 15.3. The lowest BCUT2D eigenvalue weighted by atomic mass is 10.2. The molecule has 0 fully saturated rings. The van der Waals surface area contributed by atoms with Gasteiger partial charge in [0.15, 0.2) is 0 Å². The molecule has 0 bridgehead atoms. The molecule has 124 valence electrons. The minimum atomic E-state index is -0.407. The lowest BCUT2D eigenvalue weighted by Gasteiger charge is -2.05. The molecule has 1 rings (SSSR count). The summed E-state index contributed by atoms with van der Waals surface area (Å²) in [5, 5.41) is 0. The van der Waals surface area contributed by atoms with Crippen LogP contribution in [0.4, 0.5) is 10.1 Å². The van der Waals surface area contributed by atoms with Crippen LogP contribution in [0, 0.1) is 6.92 Å². The lowest BCUT2D eigenvalue weighted by molar-refractivity contribution is 0.431. The maximum atomic E-state index is 12.9. The smallest absolute Gasteiger partial charge is 0.218 e. The number of hydrogen-bond donors (Lipinski definition) is 2. The molecular weight excluding hydrogens is 281 g/mol. The minimum absolute atomic E-state index is 0.140. The molecule has 0 amide bonds. The summed E-state index contributed by atoms with van der Waals surface area (Å²) < 4.78 is 18.0. The summed E-state index contributed by atoms with van der Waals surface area (Å²) in [4.78, 5) is 3.94. The van der Waals surface area contributed by atoms with Crippen molar-refractivity contribution >= 4 is 5.69 Å². The van der Waals surface area contributed by atoms with E-state index in [1.807, 2.05) is 46.8 Å². The number of pyridine rings is 1. The molecule has 0 aromatic carbocycles. The number of nitrogens with two attached hydrogens (primary N) is 1. The molecule has 0 saturated carbocycles. The van der Waals surface area contributed by atoms with Crippen LogP contribution in [-0.2, 0) is 0 Å². The van der Waals surface area contributed by atoms with Gasteiger partial charge in [-0.2, -0.15) is 0 Å². The maximum absolute atomic E-state index is 12.9. The van der Waals surface area contributed by atoms with Gasteiger partial charge in [-0.25, -0.2) is 9.37 Å². The van der Waals surface area contributed by atoms with E-state index in [1.54, 1.807) is 6.07 Å². The Morgan fingerprint density at radius 3 is 2.41 bits per heavy atom. The van der Waals surface area contributed by atoms with E-state index in [0.29, 0.717) is 11.6 Å². The van der Waals surface area contributed by atoms with Crippen LogP contribution >= 0.6 is 0 Å². The molecule has 0 unspecified atom stereocenters. The number of rotatable bonds is 5. The summed E-state index contributed by atoms with van der Waals surface area (Å²) in [5.41, 5.74) is 4.05. The van der Waals surface area contributed by atoms with Crippen LogP contribution in [0.3, 0.4) is 0 Å². The summed E-state index contributed by atoms with van der Waals surface area (Å²) >= 11 is 0. The normalized spacial score (nSPS) is 10.0. The highest BCUT2D eigenvalue weighted by molar-refractivity contribution is 5.49. The Bertz CT molecular complexity index is 467. The van der Waals surface area contributed by atoms with Crippen LogP contribution in [0.15, 0.2) is 49.2 Å². The molecule has 0 aliphatic carbocycles. The Morgan fingerprint density at radius 2 is 2.00 bits per heavy atom. The fourth-order valence-electron chi connectivity index (χ4n) is 1.06. The Labute approximate surface area is 133 Å². The molecule has 0 saturated heterocycles. The van der Waals surface area contributed by atoms with E-state index in [1.165, 1.54) is 12.3 Å². The number of hydrogen-bond acceptors (Lipinski definition) is 4. The van der Waals surface area contributed by atoms with Gasteiger partial charge in [0.1, 0.15) is 12.1 Å². The number of allylic oxidation sites excluding steroid dienone is 4. The molecule has 0 aliphatic rings. The summed E-state index contributed by atoms with van der Waals surface area (Å²) in [6, 6.07) is 1.66. The third kappa shape index (κ3) is 10.6. The third-order valence-electron chi connectivity index (χ3n) is 2.22. The van der Waals surface area contributed by atoms with Crippen molar-refractivity contribution in [3.05, 3.63) is 54.7 Å². The average molecular weight is 309 g/mol. The monoisotopic (exact) mass is 309 g/mol. The molecule has 0 spiro atoms. The highest BCUT2D eigenvalue weighted by Crippen LogP contribution is 2.17. The fourth-order valence-corrected chi connectivity index (χ4v) is 1.06. The maximum Gasteiger partial charge on any atom is 0.218 e. The molecule has 3 N–H and O–H groups in total. The SMILES string of the molecule is C/C=C\C.C=CC/C(F)=C/Oc1cc(C)c(NN)cn1.CC. The standard InChI is InChI=1S/C11H14FN3O.C4H8.C2H6/c1-3-4-9(12)7-16-11-5-8(2)10(15-13)6-14-11;1-3-4-2;1-2/h3,5-7,15H,1,4,13H2,2H3;3-4H,1-2H3;1-2H3/b9-7-;4-3-;.